The smallest absolute Gasteiger partial charge is 0.475 e. The summed E-state index contributed by atoms with van der Waals surface area (Å²) in [6, 6.07) is 11.0. The molecule has 0 saturated carbocycles. The fourth-order valence-electron chi connectivity index (χ4n) is 4.26. The first-order valence-corrected chi connectivity index (χ1v) is 13.6. The summed E-state index contributed by atoms with van der Waals surface area (Å²) >= 11 is 0. The van der Waals surface area contributed by atoms with Gasteiger partial charge in [0, 0.05) is 37.7 Å². The summed E-state index contributed by atoms with van der Waals surface area (Å²) < 4.78 is 69.1. The van der Waals surface area contributed by atoms with Gasteiger partial charge in [-0.15, -0.1) is 0 Å². The Labute approximate surface area is 255 Å². The van der Waals surface area contributed by atoms with Crippen molar-refractivity contribution in [2.45, 2.75) is 77.6 Å². The number of amides is 1. The van der Waals surface area contributed by atoms with Crippen LogP contribution in [0.5, 0.6) is 0 Å². The monoisotopic (exact) mass is 648 g/mol. The Morgan fingerprint density at radius 2 is 1.49 bits per heavy atom. The first kappa shape index (κ1) is 37.0. The quantitative estimate of drug-likeness (QED) is 0.402. The minimum Gasteiger partial charge on any atom is -0.475 e. The van der Waals surface area contributed by atoms with Crippen LogP contribution in [0.1, 0.15) is 56.6 Å². The van der Waals surface area contributed by atoms with Crippen molar-refractivity contribution in [2.24, 2.45) is 0 Å². The predicted octanol–water partition coefficient (Wildman–Crippen LogP) is 5.71. The molecule has 1 aromatic heterocycles. The topological polar surface area (TPSA) is 133 Å². The summed E-state index contributed by atoms with van der Waals surface area (Å²) in [5.74, 6) is -5.51. The number of alkyl halides is 6. The molecule has 0 saturated heterocycles. The van der Waals surface area contributed by atoms with E-state index in [1.165, 1.54) is 11.1 Å². The van der Waals surface area contributed by atoms with E-state index in [1.54, 1.807) is 11.2 Å². The van der Waals surface area contributed by atoms with Crippen LogP contribution >= 0.6 is 0 Å². The molecule has 2 aliphatic heterocycles. The predicted molar refractivity (Wildman–Crippen MR) is 149 cm³/mol. The molecular formula is C29H34F6N4O6. The summed E-state index contributed by atoms with van der Waals surface area (Å²) in [4.78, 5) is 43.9. The number of halogens is 6. The number of aliphatic carboxylic acids is 2. The maximum atomic E-state index is 12.6. The van der Waals surface area contributed by atoms with Gasteiger partial charge in [-0.2, -0.15) is 26.3 Å². The summed E-state index contributed by atoms with van der Waals surface area (Å²) in [6.07, 6.45) is -4.84. The Hall–Kier alpha value is -4.21. The highest BCUT2D eigenvalue weighted by atomic mass is 19.4. The van der Waals surface area contributed by atoms with Crippen molar-refractivity contribution in [3.05, 3.63) is 65.2 Å². The standard InChI is InChI=1S/C25H32N4O2.2C2HF3O2/c1-18-13-22-21(16-29(18)14-19-9-6-5-7-10-19)23(27-17-26-22)20-11-8-12-28(15-20)24(30)31-25(2,3)4;2*3-2(4,5)1(6)7/h5-7,9-11,17-18H,8,12-16H2,1-4H3;2*(H,6,7)/t18-;;/m1../s1. The average molecular weight is 649 g/mol. The van der Waals surface area contributed by atoms with Gasteiger partial charge in [-0.1, -0.05) is 36.4 Å². The molecule has 0 aliphatic carbocycles. The maximum absolute atomic E-state index is 12.6. The van der Waals surface area contributed by atoms with Gasteiger partial charge in [0.2, 0.25) is 0 Å². The number of hydrogen-bond donors (Lipinski definition) is 2. The van der Waals surface area contributed by atoms with Gasteiger partial charge in [0.05, 0.1) is 17.9 Å². The molecule has 2 aliphatic rings. The molecule has 2 N–H and O–H groups in total. The molecule has 248 valence electrons. The Morgan fingerprint density at radius 3 is 2.00 bits per heavy atom. The van der Waals surface area contributed by atoms with Crippen LogP contribution in [0, 0.1) is 0 Å². The largest absolute Gasteiger partial charge is 0.490 e. The van der Waals surface area contributed by atoms with E-state index in [0.717, 1.165) is 42.9 Å². The van der Waals surface area contributed by atoms with Crippen LogP contribution in [0.2, 0.25) is 0 Å². The van der Waals surface area contributed by atoms with Gasteiger partial charge in [0.15, 0.2) is 0 Å². The Bertz CT molecular complexity index is 1340. The summed E-state index contributed by atoms with van der Waals surface area (Å²) in [5, 5.41) is 14.2. The second-order valence-corrected chi connectivity index (χ2v) is 11.1. The molecule has 1 amide bonds. The van der Waals surface area contributed by atoms with Gasteiger partial charge in [0.25, 0.3) is 0 Å². The number of carboxylic acid groups (broad SMARTS) is 2. The van der Waals surface area contributed by atoms with Gasteiger partial charge < -0.3 is 19.8 Å². The zero-order chi connectivity index (χ0) is 34.2. The normalized spacial score (nSPS) is 17.0. The van der Waals surface area contributed by atoms with Crippen LogP contribution in [0.25, 0.3) is 5.57 Å². The van der Waals surface area contributed by atoms with Crippen molar-refractivity contribution in [1.82, 2.24) is 19.8 Å². The summed E-state index contributed by atoms with van der Waals surface area (Å²) in [6.45, 7) is 10.9. The number of nitrogens with zero attached hydrogens (tertiary/aromatic N) is 4. The number of benzene rings is 1. The number of carboxylic acids is 2. The van der Waals surface area contributed by atoms with Crippen molar-refractivity contribution in [2.75, 3.05) is 13.1 Å². The van der Waals surface area contributed by atoms with Crippen molar-refractivity contribution in [1.29, 1.82) is 0 Å². The number of carbonyl (C=O) groups excluding carboxylic acids is 1. The molecule has 16 heteroatoms. The number of aromatic nitrogens is 2. The Morgan fingerprint density at radius 1 is 0.933 bits per heavy atom. The lowest BCUT2D eigenvalue weighted by Gasteiger charge is -2.36. The lowest BCUT2D eigenvalue weighted by Crippen LogP contribution is -2.41. The second-order valence-electron chi connectivity index (χ2n) is 11.1. The lowest BCUT2D eigenvalue weighted by atomic mass is 9.93. The van der Waals surface area contributed by atoms with Gasteiger partial charge in [-0.25, -0.2) is 24.4 Å². The minimum atomic E-state index is -5.08. The first-order chi connectivity index (χ1) is 20.7. The number of hydrogen-bond acceptors (Lipinski definition) is 7. The van der Waals surface area contributed by atoms with E-state index >= 15 is 0 Å². The van der Waals surface area contributed by atoms with E-state index in [0.29, 0.717) is 19.1 Å². The Balaban J connectivity index is 0.000000421. The van der Waals surface area contributed by atoms with Crippen molar-refractivity contribution >= 4 is 23.6 Å². The van der Waals surface area contributed by atoms with Crippen LogP contribution in [0.15, 0.2) is 42.7 Å². The molecule has 1 aromatic carbocycles. The number of ether oxygens (including phenoxy) is 1. The van der Waals surface area contributed by atoms with E-state index < -0.39 is 29.9 Å². The molecule has 0 radical (unpaired) electrons. The molecular weight excluding hydrogens is 614 g/mol. The average Bonchev–Trinajstić information content (AvgIpc) is 2.92. The number of fused-ring (bicyclic) bond motifs is 1. The summed E-state index contributed by atoms with van der Waals surface area (Å²) in [5.41, 5.74) is 5.18. The van der Waals surface area contributed by atoms with Crippen LogP contribution in [0.4, 0.5) is 31.1 Å². The van der Waals surface area contributed by atoms with Crippen molar-refractivity contribution in [3.8, 4) is 0 Å². The SMILES string of the molecule is C[C@@H]1Cc2ncnc(C3=CCCN(C(=O)OC(C)(C)C)C3)c2CN1Cc1ccccc1.O=C(O)C(F)(F)F.O=C(O)C(F)(F)F. The fourth-order valence-corrected chi connectivity index (χ4v) is 4.26. The highest BCUT2D eigenvalue weighted by Gasteiger charge is 2.39. The number of carbonyl (C=O) groups is 3. The molecule has 10 nitrogen and oxygen atoms in total. The van der Waals surface area contributed by atoms with Gasteiger partial charge in [0.1, 0.15) is 11.9 Å². The Kier molecular flexibility index (Phi) is 12.5. The molecule has 4 rings (SSSR count). The zero-order valence-electron chi connectivity index (χ0n) is 24.9. The van der Waals surface area contributed by atoms with Gasteiger partial charge >= 0.3 is 30.4 Å². The van der Waals surface area contributed by atoms with E-state index in [2.05, 4.69) is 58.2 Å². The molecule has 0 fully saturated rings. The fraction of sp³-hybridized carbons (Fsp3) is 0.483. The lowest BCUT2D eigenvalue weighted by molar-refractivity contribution is -0.193. The molecule has 1 atom stereocenters. The van der Waals surface area contributed by atoms with Crippen LogP contribution in [0.3, 0.4) is 0 Å². The zero-order valence-corrected chi connectivity index (χ0v) is 24.9. The van der Waals surface area contributed by atoms with E-state index in [-0.39, 0.29) is 6.09 Å². The third-order valence-corrected chi connectivity index (χ3v) is 6.33. The second kappa shape index (κ2) is 15.2. The molecule has 3 heterocycles. The maximum Gasteiger partial charge on any atom is 0.490 e. The third-order valence-electron chi connectivity index (χ3n) is 6.33. The first-order valence-electron chi connectivity index (χ1n) is 13.6. The van der Waals surface area contributed by atoms with Crippen LogP contribution in [-0.4, -0.2) is 85.1 Å². The third kappa shape index (κ3) is 12.0. The molecule has 45 heavy (non-hydrogen) atoms. The highest BCUT2D eigenvalue weighted by molar-refractivity contribution is 5.75. The van der Waals surface area contributed by atoms with Crippen LogP contribution in [-0.2, 0) is 33.8 Å². The molecule has 0 spiro atoms. The highest BCUT2D eigenvalue weighted by Crippen LogP contribution is 2.30. The van der Waals surface area contributed by atoms with Crippen LogP contribution < -0.4 is 0 Å². The molecule has 0 unspecified atom stereocenters. The van der Waals surface area contributed by atoms with E-state index in [1.807, 2.05) is 20.8 Å². The number of rotatable bonds is 3. The molecule has 0 bridgehead atoms. The van der Waals surface area contributed by atoms with Crippen molar-refractivity contribution in [3.63, 3.8) is 0 Å². The van der Waals surface area contributed by atoms with Gasteiger partial charge in [-0.3, -0.25) is 4.90 Å². The molecule has 2 aromatic rings. The van der Waals surface area contributed by atoms with Gasteiger partial charge in [-0.05, 0) is 45.3 Å². The minimum absolute atomic E-state index is 0.264. The summed E-state index contributed by atoms with van der Waals surface area (Å²) in [7, 11) is 0. The van der Waals surface area contributed by atoms with E-state index in [4.69, 9.17) is 24.5 Å². The van der Waals surface area contributed by atoms with E-state index in [9.17, 15) is 31.1 Å². The van der Waals surface area contributed by atoms with Crippen molar-refractivity contribution < 1.29 is 55.7 Å².